The van der Waals surface area contributed by atoms with Crippen molar-refractivity contribution in [1.82, 2.24) is 10.2 Å². The number of benzene rings is 3. The number of alkyl halides is 3. The Kier molecular flexibility index (Phi) is 6.37. The summed E-state index contributed by atoms with van der Waals surface area (Å²) in [6, 6.07) is 17.3. The second-order valence-electron chi connectivity index (χ2n) is 8.13. The number of carbonyl (C=O) groups excluding carboxylic acids is 2. The van der Waals surface area contributed by atoms with Gasteiger partial charge in [0.1, 0.15) is 6.04 Å². The van der Waals surface area contributed by atoms with Gasteiger partial charge < -0.3 is 10.1 Å². The first-order valence-electron chi connectivity index (χ1n) is 10.5. The lowest BCUT2D eigenvalue weighted by Crippen LogP contribution is -2.37. The molecular weight excluding hydrogens is 433 g/mol. The molecule has 0 aromatic heterocycles. The quantitative estimate of drug-likeness (QED) is 0.578. The van der Waals surface area contributed by atoms with Crippen molar-refractivity contribution >= 4 is 22.6 Å². The van der Waals surface area contributed by atoms with Crippen LogP contribution in [0.5, 0.6) is 0 Å². The van der Waals surface area contributed by atoms with Gasteiger partial charge in [-0.15, -0.1) is 0 Å². The molecule has 1 aliphatic rings. The Morgan fingerprint density at radius 1 is 1.03 bits per heavy atom. The molecule has 1 saturated heterocycles. The largest absolute Gasteiger partial charge is 0.468 e. The highest BCUT2D eigenvalue weighted by Gasteiger charge is 2.38. The van der Waals surface area contributed by atoms with Gasteiger partial charge in [0, 0.05) is 24.7 Å². The van der Waals surface area contributed by atoms with E-state index < -0.39 is 23.7 Å². The fraction of sp³-hybridized carbons (Fsp3) is 0.280. The molecule has 0 radical (unpaired) electrons. The van der Waals surface area contributed by atoms with E-state index in [1.165, 1.54) is 7.11 Å². The number of halogens is 3. The van der Waals surface area contributed by atoms with Crippen LogP contribution in [0.4, 0.5) is 13.2 Å². The highest BCUT2D eigenvalue weighted by Crippen LogP contribution is 2.29. The van der Waals surface area contributed by atoms with Crippen molar-refractivity contribution in [3.05, 3.63) is 83.4 Å². The number of fused-ring (bicyclic) bond motifs is 1. The molecule has 4 rings (SSSR count). The summed E-state index contributed by atoms with van der Waals surface area (Å²) in [4.78, 5) is 26.9. The Morgan fingerprint density at radius 3 is 2.39 bits per heavy atom. The minimum absolute atomic E-state index is 0.130. The van der Waals surface area contributed by atoms with E-state index in [1.807, 2.05) is 41.3 Å². The van der Waals surface area contributed by atoms with Crippen LogP contribution in [-0.4, -0.2) is 42.5 Å². The van der Waals surface area contributed by atoms with E-state index in [-0.39, 0.29) is 17.6 Å². The Labute approximate surface area is 189 Å². The smallest absolute Gasteiger partial charge is 0.416 e. The normalized spacial score (nSPS) is 18.9. The van der Waals surface area contributed by atoms with Crippen LogP contribution in [0, 0.1) is 0 Å². The van der Waals surface area contributed by atoms with Crippen LogP contribution >= 0.6 is 0 Å². The maximum absolute atomic E-state index is 12.8. The van der Waals surface area contributed by atoms with Gasteiger partial charge in [0.05, 0.1) is 12.7 Å². The number of nitrogens with zero attached hydrogens (tertiary/aromatic N) is 1. The van der Waals surface area contributed by atoms with Crippen LogP contribution in [0.1, 0.15) is 27.9 Å². The summed E-state index contributed by atoms with van der Waals surface area (Å²) in [5, 5.41) is 5.05. The lowest BCUT2D eigenvalue weighted by molar-refractivity contribution is -0.146. The molecule has 1 heterocycles. The number of likely N-dealkylation sites (tertiary alicyclic amines) is 1. The predicted molar refractivity (Wildman–Crippen MR) is 117 cm³/mol. The molecule has 33 heavy (non-hydrogen) atoms. The first-order valence-corrected chi connectivity index (χ1v) is 10.5. The third-order valence-corrected chi connectivity index (χ3v) is 5.89. The molecule has 1 N–H and O–H groups in total. The molecule has 5 nitrogen and oxygen atoms in total. The minimum Gasteiger partial charge on any atom is -0.468 e. The van der Waals surface area contributed by atoms with Gasteiger partial charge in [0.2, 0.25) is 0 Å². The Balaban J connectivity index is 1.46. The molecule has 0 bridgehead atoms. The molecule has 2 atom stereocenters. The Bertz CT molecular complexity index is 1160. The molecule has 0 aliphatic carbocycles. The van der Waals surface area contributed by atoms with E-state index >= 15 is 0 Å². The molecule has 1 amide bonds. The van der Waals surface area contributed by atoms with E-state index in [2.05, 4.69) is 11.4 Å². The summed E-state index contributed by atoms with van der Waals surface area (Å²) in [5.74, 6) is -0.869. The number of carbonyl (C=O) groups is 2. The average molecular weight is 456 g/mol. The molecule has 172 valence electrons. The summed E-state index contributed by atoms with van der Waals surface area (Å²) < 4.78 is 43.2. The summed E-state index contributed by atoms with van der Waals surface area (Å²) in [6.07, 6.45) is -4.11. The van der Waals surface area contributed by atoms with Crippen molar-refractivity contribution in [2.75, 3.05) is 13.7 Å². The van der Waals surface area contributed by atoms with Crippen LogP contribution in [0.3, 0.4) is 0 Å². The number of hydrogen-bond donors (Lipinski definition) is 1. The summed E-state index contributed by atoms with van der Waals surface area (Å²) in [7, 11) is 1.32. The second-order valence-corrected chi connectivity index (χ2v) is 8.13. The molecule has 0 unspecified atom stereocenters. The fourth-order valence-corrected chi connectivity index (χ4v) is 4.22. The van der Waals surface area contributed by atoms with Crippen LogP contribution in [0.2, 0.25) is 0 Å². The Morgan fingerprint density at radius 2 is 1.73 bits per heavy atom. The van der Waals surface area contributed by atoms with Gasteiger partial charge in [-0.25, -0.2) is 0 Å². The zero-order valence-corrected chi connectivity index (χ0v) is 17.9. The highest BCUT2D eigenvalue weighted by molar-refractivity contribution is 5.94. The lowest BCUT2D eigenvalue weighted by Gasteiger charge is -2.22. The SMILES string of the molecule is COC(=O)[C@@H]1C[C@H](NC(=O)c2ccc(C(F)(F)F)cc2)CN1Cc1ccc2ccccc2c1. The molecule has 3 aromatic carbocycles. The number of nitrogens with one attached hydrogen (secondary N) is 1. The first-order chi connectivity index (χ1) is 15.7. The Hall–Kier alpha value is -3.39. The van der Waals surface area contributed by atoms with E-state index in [0.29, 0.717) is 19.5 Å². The molecule has 1 fully saturated rings. The zero-order chi connectivity index (χ0) is 23.6. The summed E-state index contributed by atoms with van der Waals surface area (Å²) in [5.41, 5.74) is 0.343. The molecule has 0 spiro atoms. The number of ether oxygens (including phenoxy) is 1. The molecule has 3 aromatic rings. The standard InChI is InChI=1S/C25H23F3N2O3/c1-33-24(32)22-13-21(29-23(31)18-8-10-20(11-9-18)25(26,27)28)15-30(22)14-16-6-7-17-4-2-3-5-19(17)12-16/h2-12,21-22H,13-15H2,1H3,(H,29,31)/t21-,22-/m0/s1. The third-order valence-electron chi connectivity index (χ3n) is 5.89. The van der Waals surface area contributed by atoms with E-state index in [9.17, 15) is 22.8 Å². The van der Waals surface area contributed by atoms with Gasteiger partial charge in [0.25, 0.3) is 5.91 Å². The third kappa shape index (κ3) is 5.17. The van der Waals surface area contributed by atoms with Crippen LogP contribution < -0.4 is 5.32 Å². The highest BCUT2D eigenvalue weighted by atomic mass is 19.4. The lowest BCUT2D eigenvalue weighted by atomic mass is 10.1. The van der Waals surface area contributed by atoms with Gasteiger partial charge in [0.15, 0.2) is 0 Å². The minimum atomic E-state index is -4.46. The van der Waals surface area contributed by atoms with Gasteiger partial charge in [-0.1, -0.05) is 36.4 Å². The molecule has 8 heteroatoms. The number of rotatable bonds is 5. The zero-order valence-electron chi connectivity index (χ0n) is 17.9. The van der Waals surface area contributed by atoms with E-state index in [1.54, 1.807) is 0 Å². The number of amides is 1. The van der Waals surface area contributed by atoms with Crippen molar-refractivity contribution in [1.29, 1.82) is 0 Å². The van der Waals surface area contributed by atoms with Crippen molar-refractivity contribution < 1.29 is 27.5 Å². The van der Waals surface area contributed by atoms with Gasteiger partial charge in [-0.05, 0) is 53.1 Å². The molecular formula is C25H23F3N2O3. The van der Waals surface area contributed by atoms with Crippen LogP contribution in [0.25, 0.3) is 10.8 Å². The summed E-state index contributed by atoms with van der Waals surface area (Å²) in [6.45, 7) is 0.913. The van der Waals surface area contributed by atoms with Crippen molar-refractivity contribution in [3.8, 4) is 0 Å². The fourth-order valence-electron chi connectivity index (χ4n) is 4.22. The average Bonchev–Trinajstić information content (AvgIpc) is 3.19. The monoisotopic (exact) mass is 456 g/mol. The maximum Gasteiger partial charge on any atom is 0.416 e. The molecule has 0 saturated carbocycles. The van der Waals surface area contributed by atoms with E-state index in [0.717, 1.165) is 40.6 Å². The van der Waals surface area contributed by atoms with E-state index in [4.69, 9.17) is 4.74 Å². The second kappa shape index (κ2) is 9.23. The number of esters is 1. The van der Waals surface area contributed by atoms with Crippen molar-refractivity contribution in [2.24, 2.45) is 0 Å². The van der Waals surface area contributed by atoms with Gasteiger partial charge in [-0.2, -0.15) is 13.2 Å². The van der Waals surface area contributed by atoms with Crippen molar-refractivity contribution in [2.45, 2.75) is 31.2 Å². The van der Waals surface area contributed by atoms with Crippen molar-refractivity contribution in [3.63, 3.8) is 0 Å². The van der Waals surface area contributed by atoms with Crippen LogP contribution in [-0.2, 0) is 22.3 Å². The van der Waals surface area contributed by atoms with Gasteiger partial charge >= 0.3 is 12.1 Å². The topological polar surface area (TPSA) is 58.6 Å². The summed E-state index contributed by atoms with van der Waals surface area (Å²) >= 11 is 0. The first kappa shape index (κ1) is 22.8. The van der Waals surface area contributed by atoms with Gasteiger partial charge in [-0.3, -0.25) is 14.5 Å². The predicted octanol–water partition coefficient (Wildman–Crippen LogP) is 4.40. The maximum atomic E-state index is 12.8. The number of hydrogen-bond acceptors (Lipinski definition) is 4. The van der Waals surface area contributed by atoms with Crippen LogP contribution in [0.15, 0.2) is 66.7 Å². The molecule has 1 aliphatic heterocycles. The number of methoxy groups -OCH3 is 1.